The zero-order chi connectivity index (χ0) is 35.4. The van der Waals surface area contributed by atoms with Crippen molar-refractivity contribution in [2.75, 3.05) is 4.90 Å². The van der Waals surface area contributed by atoms with Gasteiger partial charge in [-0.1, -0.05) is 54.6 Å². The molecule has 0 saturated carbocycles. The zero-order valence-corrected chi connectivity index (χ0v) is 25.4. The molecular formula is C38H22F9N3. The molecule has 0 atom stereocenters. The Bertz CT molecular complexity index is 2280. The van der Waals surface area contributed by atoms with Gasteiger partial charge in [0.15, 0.2) is 0 Å². The van der Waals surface area contributed by atoms with Crippen molar-refractivity contribution >= 4 is 38.9 Å². The van der Waals surface area contributed by atoms with Crippen molar-refractivity contribution in [3.05, 3.63) is 151 Å². The predicted octanol–water partition coefficient (Wildman–Crippen LogP) is 11.9. The number of aromatic nitrogens is 2. The largest absolute Gasteiger partial charge is 0.436 e. The summed E-state index contributed by atoms with van der Waals surface area (Å²) in [5.74, 6) is -4.73. The van der Waals surface area contributed by atoms with Crippen LogP contribution in [-0.4, -0.2) is 21.9 Å². The van der Waals surface area contributed by atoms with Crippen molar-refractivity contribution in [3.8, 4) is 16.9 Å². The molecule has 0 amide bonds. The normalized spacial score (nSPS) is 12.5. The molecule has 12 heteroatoms. The SMILES string of the molecule is Fc1ccc(-c2cc(N(c3ccccc3)c3ccc(-n4c5ccccc5c5ccccc54)cc3)ccn2)c(F)c1C(F)(C(F)(F)F)C(F)(F)F. The van der Waals surface area contributed by atoms with Crippen LogP contribution in [-0.2, 0) is 5.67 Å². The van der Waals surface area contributed by atoms with Crippen LogP contribution in [0.1, 0.15) is 5.56 Å². The van der Waals surface area contributed by atoms with Gasteiger partial charge >= 0.3 is 18.0 Å². The zero-order valence-electron chi connectivity index (χ0n) is 25.4. The summed E-state index contributed by atoms with van der Waals surface area (Å²) in [6.07, 6.45) is -12.3. The van der Waals surface area contributed by atoms with Crippen LogP contribution in [0.3, 0.4) is 0 Å². The molecule has 0 spiro atoms. The van der Waals surface area contributed by atoms with Crippen molar-refractivity contribution in [1.29, 1.82) is 0 Å². The van der Waals surface area contributed by atoms with Crippen molar-refractivity contribution < 1.29 is 39.5 Å². The molecule has 2 aromatic heterocycles. The number of alkyl halides is 7. The number of rotatable bonds is 6. The molecule has 0 aliphatic rings. The quantitative estimate of drug-likeness (QED) is 0.162. The van der Waals surface area contributed by atoms with E-state index in [2.05, 4.69) is 9.55 Å². The lowest BCUT2D eigenvalue weighted by molar-refractivity contribution is -0.350. The molecule has 252 valence electrons. The second-order valence-corrected chi connectivity index (χ2v) is 11.4. The van der Waals surface area contributed by atoms with Crippen LogP contribution in [0, 0.1) is 11.6 Å². The van der Waals surface area contributed by atoms with E-state index in [1.54, 1.807) is 35.2 Å². The summed E-state index contributed by atoms with van der Waals surface area (Å²) < 4.78 is 128. The van der Waals surface area contributed by atoms with Gasteiger partial charge in [-0.15, -0.1) is 0 Å². The third-order valence-corrected chi connectivity index (χ3v) is 8.46. The van der Waals surface area contributed by atoms with Gasteiger partial charge in [-0.3, -0.25) is 4.98 Å². The molecule has 7 aromatic rings. The fourth-order valence-corrected chi connectivity index (χ4v) is 6.19. The summed E-state index contributed by atoms with van der Waals surface area (Å²) in [5, 5.41) is 2.13. The summed E-state index contributed by atoms with van der Waals surface area (Å²) in [5.41, 5.74) is -6.33. The van der Waals surface area contributed by atoms with E-state index < -0.39 is 46.5 Å². The number of hydrogen-bond acceptors (Lipinski definition) is 2. The highest BCUT2D eigenvalue weighted by molar-refractivity contribution is 6.09. The maximum Gasteiger partial charge on any atom is 0.436 e. The van der Waals surface area contributed by atoms with Crippen LogP contribution in [0.25, 0.3) is 38.8 Å². The molecule has 3 nitrogen and oxygen atoms in total. The van der Waals surface area contributed by atoms with Gasteiger partial charge in [0.1, 0.15) is 11.6 Å². The topological polar surface area (TPSA) is 21.1 Å². The Morgan fingerprint density at radius 1 is 0.540 bits per heavy atom. The first kappa shape index (κ1) is 32.8. The van der Waals surface area contributed by atoms with E-state index in [0.717, 1.165) is 33.7 Å². The highest BCUT2D eigenvalue weighted by atomic mass is 19.4. The first-order valence-corrected chi connectivity index (χ1v) is 15.0. The molecule has 50 heavy (non-hydrogen) atoms. The Morgan fingerprint density at radius 3 is 1.66 bits per heavy atom. The molecule has 0 radical (unpaired) electrons. The smallest absolute Gasteiger partial charge is 0.310 e. The number of anilines is 3. The van der Waals surface area contributed by atoms with Crippen molar-refractivity contribution in [2.45, 2.75) is 18.0 Å². The number of pyridine rings is 1. The summed E-state index contributed by atoms with van der Waals surface area (Å²) in [6.45, 7) is 0. The molecule has 7 rings (SSSR count). The minimum absolute atomic E-state index is 0.149. The van der Waals surface area contributed by atoms with Crippen LogP contribution in [0.2, 0.25) is 0 Å². The number of benzene rings is 5. The lowest BCUT2D eigenvalue weighted by Gasteiger charge is -2.31. The molecule has 0 aliphatic carbocycles. The fraction of sp³-hybridized carbons (Fsp3) is 0.0789. The molecule has 0 aliphatic heterocycles. The Hall–Kier alpha value is -5.78. The molecule has 0 bridgehead atoms. The number of hydrogen-bond donors (Lipinski definition) is 0. The van der Waals surface area contributed by atoms with E-state index in [-0.39, 0.29) is 11.8 Å². The van der Waals surface area contributed by atoms with Gasteiger partial charge in [0.05, 0.1) is 22.3 Å². The molecule has 2 heterocycles. The van der Waals surface area contributed by atoms with Crippen molar-refractivity contribution in [1.82, 2.24) is 9.55 Å². The summed E-state index contributed by atoms with van der Waals surface area (Å²) in [4.78, 5) is 5.65. The Kier molecular flexibility index (Phi) is 7.84. The minimum atomic E-state index is -6.73. The Morgan fingerprint density at radius 2 is 1.08 bits per heavy atom. The van der Waals surface area contributed by atoms with Crippen LogP contribution in [0.15, 0.2) is 134 Å². The van der Waals surface area contributed by atoms with Gasteiger partial charge in [-0.25, -0.2) is 13.2 Å². The summed E-state index contributed by atoms with van der Waals surface area (Å²) in [6, 6.07) is 35.5. The first-order valence-electron chi connectivity index (χ1n) is 15.0. The molecular weight excluding hydrogens is 669 g/mol. The van der Waals surface area contributed by atoms with E-state index in [4.69, 9.17) is 0 Å². The number of para-hydroxylation sites is 3. The first-order chi connectivity index (χ1) is 23.8. The lowest BCUT2D eigenvalue weighted by atomic mass is 9.90. The number of fused-ring (bicyclic) bond motifs is 3. The van der Waals surface area contributed by atoms with Gasteiger partial charge in [0, 0.05) is 45.3 Å². The van der Waals surface area contributed by atoms with Crippen LogP contribution in [0.4, 0.5) is 56.6 Å². The maximum atomic E-state index is 15.6. The van der Waals surface area contributed by atoms with Gasteiger partial charge in [0.2, 0.25) is 0 Å². The van der Waals surface area contributed by atoms with Crippen LogP contribution in [0.5, 0.6) is 0 Å². The van der Waals surface area contributed by atoms with Crippen molar-refractivity contribution in [3.63, 3.8) is 0 Å². The molecule has 0 unspecified atom stereocenters. The maximum absolute atomic E-state index is 15.6. The minimum Gasteiger partial charge on any atom is -0.310 e. The standard InChI is InChI=1S/C38H22F9N3/c39-30-19-18-29(35(40)34(30)36(41,37(42,43)44)38(45,46)47)31-22-26(20-21-48-31)49(23-8-2-1-3-9-23)24-14-16-25(17-15-24)50-32-12-6-4-10-27(32)28-11-5-7-13-33(28)50/h1-22H. The molecule has 0 N–H and O–H groups in total. The Labute approximate surface area is 278 Å². The molecule has 5 aromatic carbocycles. The van der Waals surface area contributed by atoms with Crippen LogP contribution < -0.4 is 4.90 Å². The van der Waals surface area contributed by atoms with Gasteiger partial charge in [0.25, 0.3) is 0 Å². The van der Waals surface area contributed by atoms with Gasteiger partial charge < -0.3 is 9.47 Å². The average molecular weight is 692 g/mol. The number of nitrogens with zero attached hydrogens (tertiary/aromatic N) is 3. The van der Waals surface area contributed by atoms with Gasteiger partial charge in [-0.05, 0) is 72.8 Å². The summed E-state index contributed by atoms with van der Waals surface area (Å²) in [7, 11) is 0. The second kappa shape index (κ2) is 12.0. The predicted molar refractivity (Wildman–Crippen MR) is 174 cm³/mol. The highest BCUT2D eigenvalue weighted by Crippen LogP contribution is 2.55. The lowest BCUT2D eigenvalue weighted by Crippen LogP contribution is -2.51. The van der Waals surface area contributed by atoms with Gasteiger partial charge in [-0.2, -0.15) is 26.3 Å². The van der Waals surface area contributed by atoms with E-state index in [0.29, 0.717) is 17.4 Å². The fourth-order valence-electron chi connectivity index (χ4n) is 6.19. The monoisotopic (exact) mass is 691 g/mol. The number of halogens is 9. The van der Waals surface area contributed by atoms with E-state index in [9.17, 15) is 35.1 Å². The second-order valence-electron chi connectivity index (χ2n) is 11.4. The molecule has 0 saturated heterocycles. The summed E-state index contributed by atoms with van der Waals surface area (Å²) >= 11 is 0. The third-order valence-electron chi connectivity index (χ3n) is 8.46. The Balaban J connectivity index is 1.35. The van der Waals surface area contributed by atoms with Crippen molar-refractivity contribution in [2.24, 2.45) is 0 Å². The van der Waals surface area contributed by atoms with E-state index in [1.807, 2.05) is 72.8 Å². The molecule has 0 fully saturated rings. The van der Waals surface area contributed by atoms with Crippen LogP contribution >= 0.6 is 0 Å². The highest BCUT2D eigenvalue weighted by Gasteiger charge is 2.75. The third kappa shape index (κ3) is 5.22. The average Bonchev–Trinajstić information content (AvgIpc) is 3.43. The van der Waals surface area contributed by atoms with E-state index >= 15 is 4.39 Å². The van der Waals surface area contributed by atoms with E-state index in [1.165, 1.54) is 12.1 Å².